The normalized spacial score (nSPS) is 10.3. The third-order valence-electron chi connectivity index (χ3n) is 2.90. The molecule has 0 unspecified atom stereocenters. The molecule has 5 nitrogen and oxygen atoms in total. The molecule has 2 rings (SSSR count). The van der Waals surface area contributed by atoms with Crippen molar-refractivity contribution in [3.63, 3.8) is 0 Å². The Labute approximate surface area is 106 Å². The number of nitrogen functional groups attached to an aromatic ring is 1. The van der Waals surface area contributed by atoms with Crippen LogP contribution in [0.4, 0.5) is 5.69 Å². The lowest BCUT2D eigenvalue weighted by molar-refractivity contribution is 0.0950. The Morgan fingerprint density at radius 1 is 1.50 bits per heavy atom. The van der Waals surface area contributed by atoms with E-state index in [4.69, 9.17) is 5.73 Å². The molecule has 1 aromatic carbocycles. The van der Waals surface area contributed by atoms with Crippen LogP contribution in [-0.4, -0.2) is 15.5 Å². The minimum Gasteiger partial charge on any atom is -0.398 e. The molecular formula is C13H16N4O. The number of nitrogens with one attached hydrogen (secondary N) is 1. The van der Waals surface area contributed by atoms with Gasteiger partial charge >= 0.3 is 0 Å². The van der Waals surface area contributed by atoms with Crippen molar-refractivity contribution >= 4 is 11.6 Å². The van der Waals surface area contributed by atoms with Gasteiger partial charge in [0, 0.05) is 25.1 Å². The number of hydrogen-bond acceptors (Lipinski definition) is 3. The minimum absolute atomic E-state index is 0.181. The lowest BCUT2D eigenvalue weighted by atomic mass is 10.1. The minimum atomic E-state index is -0.181. The SMILES string of the molecule is Cc1cccc(C(=O)NCc2nccn2C)c1N. The van der Waals surface area contributed by atoms with Crippen LogP contribution < -0.4 is 11.1 Å². The van der Waals surface area contributed by atoms with E-state index in [0.717, 1.165) is 11.4 Å². The van der Waals surface area contributed by atoms with Gasteiger partial charge in [-0.1, -0.05) is 12.1 Å². The number of amides is 1. The summed E-state index contributed by atoms with van der Waals surface area (Å²) in [5.41, 5.74) is 7.81. The van der Waals surface area contributed by atoms with E-state index >= 15 is 0 Å². The smallest absolute Gasteiger partial charge is 0.253 e. The first kappa shape index (κ1) is 12.2. The molecule has 0 fully saturated rings. The van der Waals surface area contributed by atoms with Crippen LogP contribution in [0.2, 0.25) is 0 Å². The summed E-state index contributed by atoms with van der Waals surface area (Å²) in [5.74, 6) is 0.619. The van der Waals surface area contributed by atoms with Crippen molar-refractivity contribution in [2.24, 2.45) is 7.05 Å². The average molecular weight is 244 g/mol. The average Bonchev–Trinajstić information content (AvgIpc) is 2.75. The van der Waals surface area contributed by atoms with Crippen LogP contribution in [0.5, 0.6) is 0 Å². The van der Waals surface area contributed by atoms with Crippen LogP contribution in [0.3, 0.4) is 0 Å². The van der Waals surface area contributed by atoms with Gasteiger partial charge in [0.25, 0.3) is 5.91 Å². The van der Waals surface area contributed by atoms with Crippen molar-refractivity contribution in [1.29, 1.82) is 0 Å². The van der Waals surface area contributed by atoms with Crippen molar-refractivity contribution in [2.75, 3.05) is 5.73 Å². The Morgan fingerprint density at radius 3 is 2.94 bits per heavy atom. The molecule has 94 valence electrons. The molecule has 18 heavy (non-hydrogen) atoms. The molecule has 3 N–H and O–H groups in total. The number of benzene rings is 1. The molecule has 0 saturated heterocycles. The molecule has 0 radical (unpaired) electrons. The number of hydrogen-bond donors (Lipinski definition) is 2. The number of carbonyl (C=O) groups excluding carboxylic acids is 1. The van der Waals surface area contributed by atoms with Gasteiger partial charge in [-0.2, -0.15) is 0 Å². The van der Waals surface area contributed by atoms with Gasteiger partial charge in [-0.05, 0) is 18.6 Å². The maximum absolute atomic E-state index is 12.0. The lowest BCUT2D eigenvalue weighted by Gasteiger charge is -2.09. The summed E-state index contributed by atoms with van der Waals surface area (Å²) < 4.78 is 1.86. The zero-order valence-corrected chi connectivity index (χ0v) is 10.5. The number of anilines is 1. The summed E-state index contributed by atoms with van der Waals surface area (Å²) in [6.07, 6.45) is 3.53. The molecule has 0 aliphatic carbocycles. The van der Waals surface area contributed by atoms with E-state index in [1.54, 1.807) is 12.3 Å². The summed E-state index contributed by atoms with van der Waals surface area (Å²) in [6, 6.07) is 5.42. The summed E-state index contributed by atoms with van der Waals surface area (Å²) in [7, 11) is 1.88. The molecule has 2 aromatic rings. The second kappa shape index (κ2) is 4.91. The summed E-state index contributed by atoms with van der Waals surface area (Å²) >= 11 is 0. The maximum atomic E-state index is 12.0. The number of aromatic nitrogens is 2. The standard InChI is InChI=1S/C13H16N4O/c1-9-4-3-5-10(12(9)14)13(18)16-8-11-15-6-7-17(11)2/h3-7H,8,14H2,1-2H3,(H,16,18). The topological polar surface area (TPSA) is 72.9 Å². The Hall–Kier alpha value is -2.30. The van der Waals surface area contributed by atoms with Gasteiger partial charge in [-0.3, -0.25) is 4.79 Å². The second-order valence-corrected chi connectivity index (χ2v) is 4.17. The van der Waals surface area contributed by atoms with Crippen LogP contribution in [-0.2, 0) is 13.6 Å². The molecule has 0 spiro atoms. The Balaban J connectivity index is 2.09. The molecule has 0 atom stereocenters. The van der Waals surface area contributed by atoms with Crippen LogP contribution in [0, 0.1) is 6.92 Å². The monoisotopic (exact) mass is 244 g/mol. The highest BCUT2D eigenvalue weighted by atomic mass is 16.1. The summed E-state index contributed by atoms with van der Waals surface area (Å²) in [4.78, 5) is 16.1. The molecule has 5 heteroatoms. The number of rotatable bonds is 3. The third kappa shape index (κ3) is 2.34. The maximum Gasteiger partial charge on any atom is 0.253 e. The highest BCUT2D eigenvalue weighted by Gasteiger charge is 2.11. The number of aryl methyl sites for hydroxylation is 2. The molecule has 0 saturated carbocycles. The zero-order chi connectivity index (χ0) is 13.1. The van der Waals surface area contributed by atoms with Crippen LogP contribution in [0.25, 0.3) is 0 Å². The van der Waals surface area contributed by atoms with E-state index in [0.29, 0.717) is 17.8 Å². The molecule has 0 aliphatic heterocycles. The van der Waals surface area contributed by atoms with Crippen molar-refractivity contribution in [2.45, 2.75) is 13.5 Å². The van der Waals surface area contributed by atoms with Gasteiger partial charge in [-0.15, -0.1) is 0 Å². The number of para-hydroxylation sites is 1. The van der Waals surface area contributed by atoms with Gasteiger partial charge in [0.15, 0.2) is 0 Å². The van der Waals surface area contributed by atoms with Gasteiger partial charge in [0.2, 0.25) is 0 Å². The molecule has 0 aliphatic rings. The van der Waals surface area contributed by atoms with Crippen molar-refractivity contribution in [3.05, 3.63) is 47.5 Å². The molecule has 1 aromatic heterocycles. The van der Waals surface area contributed by atoms with Crippen molar-refractivity contribution in [3.8, 4) is 0 Å². The van der Waals surface area contributed by atoms with Gasteiger partial charge in [0.1, 0.15) is 5.82 Å². The zero-order valence-electron chi connectivity index (χ0n) is 10.5. The Kier molecular flexibility index (Phi) is 3.32. The van der Waals surface area contributed by atoms with Crippen molar-refractivity contribution < 1.29 is 4.79 Å². The van der Waals surface area contributed by atoms with Crippen LogP contribution in [0.1, 0.15) is 21.7 Å². The highest BCUT2D eigenvalue weighted by molar-refractivity contribution is 5.99. The fourth-order valence-corrected chi connectivity index (χ4v) is 1.70. The summed E-state index contributed by atoms with van der Waals surface area (Å²) in [5, 5.41) is 2.81. The molecule has 1 heterocycles. The first-order chi connectivity index (χ1) is 8.59. The first-order valence-electron chi connectivity index (χ1n) is 5.69. The number of imidazole rings is 1. The lowest BCUT2D eigenvalue weighted by Crippen LogP contribution is -2.25. The highest BCUT2D eigenvalue weighted by Crippen LogP contribution is 2.16. The molecule has 0 bridgehead atoms. The second-order valence-electron chi connectivity index (χ2n) is 4.17. The third-order valence-corrected chi connectivity index (χ3v) is 2.90. The molecular weight excluding hydrogens is 228 g/mol. The first-order valence-corrected chi connectivity index (χ1v) is 5.69. The molecule has 1 amide bonds. The van der Waals surface area contributed by atoms with E-state index in [-0.39, 0.29) is 5.91 Å². The fraction of sp³-hybridized carbons (Fsp3) is 0.231. The van der Waals surface area contributed by atoms with Crippen LogP contribution in [0.15, 0.2) is 30.6 Å². The largest absolute Gasteiger partial charge is 0.398 e. The van der Waals surface area contributed by atoms with Crippen LogP contribution >= 0.6 is 0 Å². The van der Waals surface area contributed by atoms with E-state index in [1.807, 2.05) is 36.9 Å². The number of nitrogens with two attached hydrogens (primary N) is 1. The Morgan fingerprint density at radius 2 is 2.28 bits per heavy atom. The van der Waals surface area contributed by atoms with Gasteiger partial charge < -0.3 is 15.6 Å². The predicted molar refractivity (Wildman–Crippen MR) is 70.0 cm³/mol. The predicted octanol–water partition coefficient (Wildman–Crippen LogP) is 1.24. The quantitative estimate of drug-likeness (QED) is 0.798. The number of carbonyl (C=O) groups is 1. The van der Waals surface area contributed by atoms with E-state index in [2.05, 4.69) is 10.3 Å². The number of nitrogens with zero attached hydrogens (tertiary/aromatic N) is 2. The summed E-state index contributed by atoms with van der Waals surface area (Å²) in [6.45, 7) is 2.26. The van der Waals surface area contributed by atoms with Gasteiger partial charge in [0.05, 0.1) is 12.1 Å². The Bertz CT molecular complexity index is 574. The van der Waals surface area contributed by atoms with Gasteiger partial charge in [-0.25, -0.2) is 4.98 Å². The van der Waals surface area contributed by atoms with E-state index in [9.17, 15) is 4.79 Å². The van der Waals surface area contributed by atoms with E-state index < -0.39 is 0 Å². The van der Waals surface area contributed by atoms with Crippen molar-refractivity contribution in [1.82, 2.24) is 14.9 Å². The fourth-order valence-electron chi connectivity index (χ4n) is 1.70. The van der Waals surface area contributed by atoms with E-state index in [1.165, 1.54) is 0 Å².